The number of methoxy groups -OCH3 is 1. The predicted molar refractivity (Wildman–Crippen MR) is 52.4 cm³/mol. The molecule has 2 nitrogen and oxygen atoms in total. The molecule has 0 saturated heterocycles. The highest BCUT2D eigenvalue weighted by molar-refractivity contribution is 5.81. The van der Waals surface area contributed by atoms with Gasteiger partial charge < -0.3 is 4.74 Å². The molecule has 2 heteroatoms. The van der Waals surface area contributed by atoms with E-state index in [9.17, 15) is 4.79 Å². The van der Waals surface area contributed by atoms with Gasteiger partial charge in [0.15, 0.2) is 0 Å². The van der Waals surface area contributed by atoms with Crippen molar-refractivity contribution in [2.45, 2.75) is 0 Å². The summed E-state index contributed by atoms with van der Waals surface area (Å²) in [6.07, 6.45) is 2.63. The minimum Gasteiger partial charge on any atom is -0.380 e. The maximum Gasteiger partial charge on any atom is 0.148 e. The van der Waals surface area contributed by atoms with E-state index in [0.717, 1.165) is 11.8 Å². The van der Waals surface area contributed by atoms with Gasteiger partial charge in [0.2, 0.25) is 0 Å². The zero-order valence-electron chi connectivity index (χ0n) is 7.57. The molecule has 1 aromatic carbocycles. The van der Waals surface area contributed by atoms with Crippen LogP contribution < -0.4 is 0 Å². The van der Waals surface area contributed by atoms with Gasteiger partial charge in [-0.25, -0.2) is 0 Å². The maximum atomic E-state index is 10.6. The second-order valence-electron chi connectivity index (χ2n) is 2.68. The maximum absolute atomic E-state index is 10.6. The highest BCUT2D eigenvalue weighted by Crippen LogP contribution is 2.04. The van der Waals surface area contributed by atoms with Crippen molar-refractivity contribution in [3.63, 3.8) is 0 Å². The van der Waals surface area contributed by atoms with Crippen molar-refractivity contribution in [1.29, 1.82) is 0 Å². The Hall–Kier alpha value is -1.41. The molecule has 13 heavy (non-hydrogen) atoms. The Balaban J connectivity index is 2.79. The van der Waals surface area contributed by atoms with Crippen LogP contribution in [0.5, 0.6) is 0 Å². The Morgan fingerprint density at radius 1 is 1.38 bits per heavy atom. The normalized spacial score (nSPS) is 11.3. The van der Waals surface area contributed by atoms with E-state index in [1.54, 1.807) is 7.11 Å². The van der Waals surface area contributed by atoms with E-state index in [0.29, 0.717) is 12.2 Å². The Labute approximate surface area is 77.8 Å². The first-order chi connectivity index (χ1) is 6.36. The van der Waals surface area contributed by atoms with Crippen LogP contribution in [0.15, 0.2) is 35.9 Å². The van der Waals surface area contributed by atoms with Gasteiger partial charge in [0.1, 0.15) is 6.29 Å². The fourth-order valence-electron chi connectivity index (χ4n) is 1.04. The van der Waals surface area contributed by atoms with Crippen molar-refractivity contribution in [3.05, 3.63) is 41.5 Å². The summed E-state index contributed by atoms with van der Waals surface area (Å²) < 4.78 is 4.87. The van der Waals surface area contributed by atoms with Crippen LogP contribution in [0.4, 0.5) is 0 Å². The molecule has 0 saturated carbocycles. The quantitative estimate of drug-likeness (QED) is 0.517. The molecule has 0 aliphatic carbocycles. The largest absolute Gasteiger partial charge is 0.380 e. The van der Waals surface area contributed by atoms with Gasteiger partial charge in [-0.1, -0.05) is 30.3 Å². The van der Waals surface area contributed by atoms with Gasteiger partial charge in [-0.3, -0.25) is 4.79 Å². The van der Waals surface area contributed by atoms with Gasteiger partial charge in [-0.05, 0) is 11.6 Å². The van der Waals surface area contributed by atoms with Crippen LogP contribution in [0, 0.1) is 0 Å². The SMILES string of the molecule is COCC(C=O)=Cc1ccccc1. The summed E-state index contributed by atoms with van der Waals surface area (Å²) in [5.74, 6) is 0. The monoisotopic (exact) mass is 176 g/mol. The summed E-state index contributed by atoms with van der Waals surface area (Å²) in [4.78, 5) is 10.6. The van der Waals surface area contributed by atoms with Gasteiger partial charge in [0, 0.05) is 12.7 Å². The summed E-state index contributed by atoms with van der Waals surface area (Å²) in [5, 5.41) is 0. The molecular formula is C11H12O2. The van der Waals surface area contributed by atoms with Crippen LogP contribution in [0.1, 0.15) is 5.56 Å². The van der Waals surface area contributed by atoms with E-state index >= 15 is 0 Å². The number of ether oxygens (including phenoxy) is 1. The first-order valence-corrected chi connectivity index (χ1v) is 4.06. The molecule has 68 valence electrons. The molecule has 0 spiro atoms. The molecule has 1 rings (SSSR count). The molecule has 1 aromatic rings. The molecule has 0 aliphatic rings. The summed E-state index contributed by atoms with van der Waals surface area (Å²) in [6, 6.07) is 9.69. The summed E-state index contributed by atoms with van der Waals surface area (Å²) in [6.45, 7) is 0.360. The molecule has 0 bridgehead atoms. The number of aldehydes is 1. The lowest BCUT2D eigenvalue weighted by molar-refractivity contribution is -0.105. The molecule has 0 heterocycles. The van der Waals surface area contributed by atoms with Crippen LogP contribution in [-0.2, 0) is 9.53 Å². The number of benzene rings is 1. The third-order valence-electron chi connectivity index (χ3n) is 1.61. The van der Waals surface area contributed by atoms with E-state index in [2.05, 4.69) is 0 Å². The smallest absolute Gasteiger partial charge is 0.148 e. The molecule has 0 aliphatic heterocycles. The summed E-state index contributed by atoms with van der Waals surface area (Å²) in [5.41, 5.74) is 1.66. The fraction of sp³-hybridized carbons (Fsp3) is 0.182. The van der Waals surface area contributed by atoms with E-state index in [1.807, 2.05) is 36.4 Å². The van der Waals surface area contributed by atoms with E-state index in [4.69, 9.17) is 4.74 Å². The Bertz CT molecular complexity index is 288. The van der Waals surface area contributed by atoms with E-state index in [1.165, 1.54) is 0 Å². The van der Waals surface area contributed by atoms with Crippen molar-refractivity contribution in [2.75, 3.05) is 13.7 Å². The van der Waals surface area contributed by atoms with Gasteiger partial charge in [0.05, 0.1) is 6.61 Å². The standard InChI is InChI=1S/C11H12O2/c1-13-9-11(8-12)7-10-5-3-2-4-6-10/h2-8H,9H2,1H3. The molecule has 0 radical (unpaired) electrons. The molecule has 0 fully saturated rings. The molecule has 0 unspecified atom stereocenters. The molecule has 0 atom stereocenters. The molecular weight excluding hydrogens is 164 g/mol. The number of hydrogen-bond acceptors (Lipinski definition) is 2. The third kappa shape index (κ3) is 3.22. The third-order valence-corrected chi connectivity index (χ3v) is 1.61. The predicted octanol–water partition coefficient (Wildman–Crippen LogP) is 1.92. The van der Waals surface area contributed by atoms with Gasteiger partial charge in [0.25, 0.3) is 0 Å². The molecule has 0 amide bonds. The number of carbonyl (C=O) groups excluding carboxylic acids is 1. The average molecular weight is 176 g/mol. The Morgan fingerprint density at radius 2 is 2.08 bits per heavy atom. The van der Waals surface area contributed by atoms with Gasteiger partial charge in [-0.2, -0.15) is 0 Å². The fourth-order valence-corrected chi connectivity index (χ4v) is 1.04. The van der Waals surface area contributed by atoms with Crippen molar-refractivity contribution in [3.8, 4) is 0 Å². The highest BCUT2D eigenvalue weighted by atomic mass is 16.5. The summed E-state index contributed by atoms with van der Waals surface area (Å²) >= 11 is 0. The van der Waals surface area contributed by atoms with Gasteiger partial charge >= 0.3 is 0 Å². The van der Waals surface area contributed by atoms with Gasteiger partial charge in [-0.15, -0.1) is 0 Å². The minimum atomic E-state index is 0.360. The number of carbonyl (C=O) groups is 1. The first-order valence-electron chi connectivity index (χ1n) is 4.06. The zero-order chi connectivity index (χ0) is 9.52. The summed E-state index contributed by atoms with van der Waals surface area (Å²) in [7, 11) is 1.57. The van der Waals surface area contributed by atoms with Crippen molar-refractivity contribution >= 4 is 12.4 Å². The second-order valence-corrected chi connectivity index (χ2v) is 2.68. The van der Waals surface area contributed by atoms with Crippen molar-refractivity contribution in [2.24, 2.45) is 0 Å². The minimum absolute atomic E-state index is 0.360. The van der Waals surface area contributed by atoms with Crippen molar-refractivity contribution in [1.82, 2.24) is 0 Å². The van der Waals surface area contributed by atoms with Crippen LogP contribution in [0.25, 0.3) is 6.08 Å². The highest BCUT2D eigenvalue weighted by Gasteiger charge is 1.93. The van der Waals surface area contributed by atoms with Crippen LogP contribution in [-0.4, -0.2) is 20.0 Å². The topological polar surface area (TPSA) is 26.3 Å². The lowest BCUT2D eigenvalue weighted by Gasteiger charge is -1.97. The number of rotatable bonds is 4. The molecule has 0 aromatic heterocycles. The van der Waals surface area contributed by atoms with E-state index in [-0.39, 0.29) is 0 Å². The number of hydrogen-bond donors (Lipinski definition) is 0. The molecule has 0 N–H and O–H groups in total. The van der Waals surface area contributed by atoms with Crippen molar-refractivity contribution < 1.29 is 9.53 Å². The average Bonchev–Trinajstić information content (AvgIpc) is 2.19. The zero-order valence-corrected chi connectivity index (χ0v) is 7.57. The Kier molecular flexibility index (Phi) is 3.93. The lowest BCUT2D eigenvalue weighted by Crippen LogP contribution is -1.94. The van der Waals surface area contributed by atoms with E-state index < -0.39 is 0 Å². The van der Waals surface area contributed by atoms with Crippen LogP contribution in [0.3, 0.4) is 0 Å². The van der Waals surface area contributed by atoms with Crippen LogP contribution in [0.2, 0.25) is 0 Å². The first kappa shape index (κ1) is 9.68. The lowest BCUT2D eigenvalue weighted by atomic mass is 10.1. The van der Waals surface area contributed by atoms with Crippen LogP contribution >= 0.6 is 0 Å². The second kappa shape index (κ2) is 5.27. The Morgan fingerprint density at radius 3 is 2.62 bits per heavy atom.